The first kappa shape index (κ1) is 15.3. The lowest BCUT2D eigenvalue weighted by Crippen LogP contribution is -2.38. The minimum Gasteiger partial charge on any atom is -0.483 e. The highest BCUT2D eigenvalue weighted by atomic mass is 79.9. The lowest BCUT2D eigenvalue weighted by Gasteiger charge is -2.13. The van der Waals surface area contributed by atoms with E-state index in [1.807, 2.05) is 6.92 Å². The van der Waals surface area contributed by atoms with Crippen molar-refractivity contribution in [3.8, 4) is 5.75 Å². The zero-order chi connectivity index (χ0) is 13.5. The standard InChI is InChI=1S/C12H15BrClNO3/c1-8(6-17-2)15-12(16)7-18-11-4-3-9(14)5-10(11)13/h3-5,8H,6-7H2,1-2H3,(H,15,16). The van der Waals surface area contributed by atoms with Crippen LogP contribution in [0.5, 0.6) is 5.75 Å². The summed E-state index contributed by atoms with van der Waals surface area (Å²) in [6.07, 6.45) is 0. The fraction of sp³-hybridized carbons (Fsp3) is 0.417. The molecule has 0 aliphatic heterocycles. The Hall–Kier alpha value is -0.780. The molecule has 0 aliphatic rings. The highest BCUT2D eigenvalue weighted by molar-refractivity contribution is 9.10. The van der Waals surface area contributed by atoms with E-state index in [1.165, 1.54) is 0 Å². The Balaban J connectivity index is 2.42. The van der Waals surface area contributed by atoms with Crippen LogP contribution >= 0.6 is 27.5 Å². The number of rotatable bonds is 6. The Morgan fingerprint density at radius 1 is 1.56 bits per heavy atom. The van der Waals surface area contributed by atoms with Crippen molar-refractivity contribution >= 4 is 33.4 Å². The highest BCUT2D eigenvalue weighted by Gasteiger charge is 2.09. The number of benzene rings is 1. The molecule has 6 heteroatoms. The average Bonchev–Trinajstić information content (AvgIpc) is 2.28. The highest BCUT2D eigenvalue weighted by Crippen LogP contribution is 2.27. The third-order valence-electron chi connectivity index (χ3n) is 2.08. The molecule has 0 aromatic heterocycles. The van der Waals surface area contributed by atoms with Gasteiger partial charge in [0.25, 0.3) is 5.91 Å². The molecule has 1 aromatic carbocycles. The molecule has 1 N–H and O–H groups in total. The van der Waals surface area contributed by atoms with Crippen LogP contribution in [0.4, 0.5) is 0 Å². The third-order valence-corrected chi connectivity index (χ3v) is 2.93. The topological polar surface area (TPSA) is 47.6 Å². The molecule has 1 unspecified atom stereocenters. The number of carbonyl (C=O) groups excluding carboxylic acids is 1. The SMILES string of the molecule is COCC(C)NC(=O)COc1ccc(Cl)cc1Br. The van der Waals surface area contributed by atoms with E-state index in [2.05, 4.69) is 21.2 Å². The van der Waals surface area contributed by atoms with Crippen molar-refractivity contribution in [3.63, 3.8) is 0 Å². The van der Waals surface area contributed by atoms with Crippen LogP contribution in [-0.2, 0) is 9.53 Å². The first-order valence-electron chi connectivity index (χ1n) is 5.39. The summed E-state index contributed by atoms with van der Waals surface area (Å²) in [6.45, 7) is 2.28. The van der Waals surface area contributed by atoms with Gasteiger partial charge in [0.15, 0.2) is 6.61 Å². The van der Waals surface area contributed by atoms with Gasteiger partial charge >= 0.3 is 0 Å². The number of carbonyl (C=O) groups is 1. The molecule has 0 heterocycles. The summed E-state index contributed by atoms with van der Waals surface area (Å²) in [5, 5.41) is 3.36. The first-order chi connectivity index (χ1) is 8.52. The number of methoxy groups -OCH3 is 1. The summed E-state index contributed by atoms with van der Waals surface area (Å²) in [7, 11) is 1.59. The van der Waals surface area contributed by atoms with E-state index in [0.717, 1.165) is 0 Å². The fourth-order valence-electron chi connectivity index (χ4n) is 1.34. The van der Waals surface area contributed by atoms with Crippen molar-refractivity contribution in [1.82, 2.24) is 5.32 Å². The fourth-order valence-corrected chi connectivity index (χ4v) is 2.14. The van der Waals surface area contributed by atoms with Gasteiger partial charge in [-0.2, -0.15) is 0 Å². The summed E-state index contributed by atoms with van der Waals surface area (Å²) in [6, 6.07) is 5.08. The van der Waals surface area contributed by atoms with Crippen molar-refractivity contribution in [1.29, 1.82) is 0 Å². The second kappa shape index (κ2) is 7.61. The van der Waals surface area contributed by atoms with Crippen LogP contribution in [-0.4, -0.2) is 32.3 Å². The molecule has 18 heavy (non-hydrogen) atoms. The lowest BCUT2D eigenvalue weighted by molar-refractivity contribution is -0.124. The van der Waals surface area contributed by atoms with E-state index in [0.29, 0.717) is 21.9 Å². The van der Waals surface area contributed by atoms with E-state index in [9.17, 15) is 4.79 Å². The van der Waals surface area contributed by atoms with Crippen molar-refractivity contribution in [2.45, 2.75) is 13.0 Å². The van der Waals surface area contributed by atoms with Crippen LogP contribution in [0.3, 0.4) is 0 Å². The van der Waals surface area contributed by atoms with E-state index in [1.54, 1.807) is 25.3 Å². The van der Waals surface area contributed by atoms with Crippen molar-refractivity contribution < 1.29 is 14.3 Å². The molecule has 0 aliphatic carbocycles. The molecule has 0 spiro atoms. The Morgan fingerprint density at radius 3 is 2.89 bits per heavy atom. The van der Waals surface area contributed by atoms with Crippen LogP contribution < -0.4 is 10.1 Å². The largest absolute Gasteiger partial charge is 0.483 e. The minimum atomic E-state index is -0.193. The van der Waals surface area contributed by atoms with Gasteiger partial charge in [-0.25, -0.2) is 0 Å². The molecule has 100 valence electrons. The van der Waals surface area contributed by atoms with E-state index < -0.39 is 0 Å². The van der Waals surface area contributed by atoms with E-state index in [-0.39, 0.29) is 18.6 Å². The number of amides is 1. The summed E-state index contributed by atoms with van der Waals surface area (Å²) in [5.74, 6) is 0.385. The van der Waals surface area contributed by atoms with Crippen molar-refractivity contribution in [2.75, 3.05) is 20.3 Å². The van der Waals surface area contributed by atoms with Gasteiger partial charge in [0.05, 0.1) is 11.1 Å². The predicted molar refractivity (Wildman–Crippen MR) is 74.1 cm³/mol. The first-order valence-corrected chi connectivity index (χ1v) is 6.56. The van der Waals surface area contributed by atoms with Gasteiger partial charge in [0.1, 0.15) is 5.75 Å². The van der Waals surface area contributed by atoms with Gasteiger partial charge in [0.2, 0.25) is 0 Å². The molecular formula is C12H15BrClNO3. The summed E-state index contributed by atoms with van der Waals surface area (Å²) in [4.78, 5) is 11.5. The zero-order valence-electron chi connectivity index (χ0n) is 10.2. The van der Waals surface area contributed by atoms with Gasteiger partial charge in [-0.15, -0.1) is 0 Å². The van der Waals surface area contributed by atoms with Gasteiger partial charge in [0, 0.05) is 18.2 Å². The quantitative estimate of drug-likeness (QED) is 0.869. The molecule has 0 saturated carbocycles. The van der Waals surface area contributed by atoms with Gasteiger partial charge in [-0.05, 0) is 41.1 Å². The molecule has 0 bridgehead atoms. The molecule has 1 aromatic rings. The Kier molecular flexibility index (Phi) is 6.46. The average molecular weight is 337 g/mol. The maximum atomic E-state index is 11.5. The number of hydrogen-bond donors (Lipinski definition) is 1. The normalized spacial score (nSPS) is 12.0. The lowest BCUT2D eigenvalue weighted by atomic mass is 10.3. The van der Waals surface area contributed by atoms with Gasteiger partial charge < -0.3 is 14.8 Å². The molecule has 0 saturated heterocycles. The van der Waals surface area contributed by atoms with Crippen molar-refractivity contribution in [3.05, 3.63) is 27.7 Å². The van der Waals surface area contributed by atoms with Crippen LogP contribution in [0.2, 0.25) is 5.02 Å². The smallest absolute Gasteiger partial charge is 0.258 e. The van der Waals surface area contributed by atoms with Crippen LogP contribution in [0.15, 0.2) is 22.7 Å². The molecule has 1 atom stereocenters. The van der Waals surface area contributed by atoms with Crippen molar-refractivity contribution in [2.24, 2.45) is 0 Å². The number of halogens is 2. The van der Waals surface area contributed by atoms with Crippen LogP contribution in [0, 0.1) is 0 Å². The predicted octanol–water partition coefficient (Wildman–Crippen LogP) is 2.63. The second-order valence-electron chi connectivity index (χ2n) is 3.79. The summed E-state index contributed by atoms with van der Waals surface area (Å²) < 4.78 is 11.0. The molecule has 0 radical (unpaired) electrons. The monoisotopic (exact) mass is 335 g/mol. The van der Waals surface area contributed by atoms with Crippen LogP contribution in [0.25, 0.3) is 0 Å². The maximum absolute atomic E-state index is 11.5. The van der Waals surface area contributed by atoms with Gasteiger partial charge in [-0.1, -0.05) is 11.6 Å². The Bertz CT molecular complexity index is 414. The molecule has 0 fully saturated rings. The molecule has 1 amide bonds. The number of hydrogen-bond acceptors (Lipinski definition) is 3. The maximum Gasteiger partial charge on any atom is 0.258 e. The van der Waals surface area contributed by atoms with E-state index in [4.69, 9.17) is 21.1 Å². The van der Waals surface area contributed by atoms with Gasteiger partial charge in [-0.3, -0.25) is 4.79 Å². The Labute approximate surface area is 120 Å². The summed E-state index contributed by atoms with van der Waals surface area (Å²) >= 11 is 9.12. The molecule has 1 rings (SSSR count). The minimum absolute atomic E-state index is 0.0419. The van der Waals surface area contributed by atoms with E-state index >= 15 is 0 Å². The number of nitrogens with one attached hydrogen (secondary N) is 1. The second-order valence-corrected chi connectivity index (χ2v) is 5.08. The third kappa shape index (κ3) is 5.25. The summed E-state index contributed by atoms with van der Waals surface area (Å²) in [5.41, 5.74) is 0. The van der Waals surface area contributed by atoms with Crippen LogP contribution in [0.1, 0.15) is 6.92 Å². The Morgan fingerprint density at radius 2 is 2.28 bits per heavy atom. The number of ether oxygens (including phenoxy) is 2. The zero-order valence-corrected chi connectivity index (χ0v) is 12.5. The molecular weight excluding hydrogens is 321 g/mol. The molecule has 4 nitrogen and oxygen atoms in total.